The van der Waals surface area contributed by atoms with Crippen LogP contribution in [0.1, 0.15) is 89.0 Å². The highest BCUT2D eigenvalue weighted by Gasteiger charge is 2.18. The molecule has 0 N–H and O–H groups in total. The molecule has 0 fully saturated rings. The lowest BCUT2D eigenvalue weighted by Crippen LogP contribution is -2.08. The first-order valence-corrected chi connectivity index (χ1v) is 10.6. The molecule has 0 saturated heterocycles. The smallest absolute Gasteiger partial charge is 0.196 e. The van der Waals surface area contributed by atoms with Crippen LogP contribution in [0.3, 0.4) is 0 Å². The average molecular weight is 335 g/mol. The number of carbonyl (C=O) groups excluding carboxylic acids is 1. The molecule has 0 spiro atoms. The molecule has 1 unspecified atom stereocenters. The highest BCUT2D eigenvalue weighted by Crippen LogP contribution is 2.27. The van der Waals surface area contributed by atoms with E-state index in [1.165, 1.54) is 81.5 Å². The standard InChI is InChI=1S/C21H34OS/c1-3-4-5-6-7-8-9-10-11-15-18-20(21(22)23-2)19-16-13-12-14-17-19/h12-14,16-17,20H,3-11,15,18H2,1-2H3. The number of unbranched alkanes of at least 4 members (excludes halogenated alkanes) is 9. The zero-order valence-electron chi connectivity index (χ0n) is 15.1. The van der Waals surface area contributed by atoms with E-state index in [1.54, 1.807) is 0 Å². The maximum Gasteiger partial charge on any atom is 0.196 e. The molecule has 1 rings (SSSR count). The lowest BCUT2D eigenvalue weighted by Gasteiger charge is -2.14. The molecule has 0 amide bonds. The van der Waals surface area contributed by atoms with Crippen molar-refractivity contribution in [1.29, 1.82) is 0 Å². The van der Waals surface area contributed by atoms with Crippen LogP contribution in [0.25, 0.3) is 0 Å². The Morgan fingerprint density at radius 3 is 1.91 bits per heavy atom. The summed E-state index contributed by atoms with van der Waals surface area (Å²) in [6.07, 6.45) is 16.3. The minimum Gasteiger partial charge on any atom is -0.287 e. The molecule has 0 aromatic heterocycles. The van der Waals surface area contributed by atoms with Crippen LogP contribution in [-0.4, -0.2) is 11.4 Å². The van der Waals surface area contributed by atoms with Crippen LogP contribution in [0.5, 0.6) is 0 Å². The van der Waals surface area contributed by atoms with Crippen molar-refractivity contribution in [1.82, 2.24) is 0 Å². The van der Waals surface area contributed by atoms with Gasteiger partial charge in [0.15, 0.2) is 5.12 Å². The number of thioether (sulfide) groups is 1. The fourth-order valence-corrected chi connectivity index (χ4v) is 3.62. The summed E-state index contributed by atoms with van der Waals surface area (Å²) in [6, 6.07) is 10.3. The van der Waals surface area contributed by atoms with Crippen molar-refractivity contribution in [3.8, 4) is 0 Å². The van der Waals surface area contributed by atoms with Gasteiger partial charge in [-0.2, -0.15) is 0 Å². The number of hydrogen-bond donors (Lipinski definition) is 0. The molecule has 0 aliphatic rings. The summed E-state index contributed by atoms with van der Waals surface area (Å²) in [5.74, 6) is 0.0836. The Balaban J connectivity index is 2.15. The van der Waals surface area contributed by atoms with Crippen molar-refractivity contribution >= 4 is 16.9 Å². The van der Waals surface area contributed by atoms with Gasteiger partial charge >= 0.3 is 0 Å². The largest absolute Gasteiger partial charge is 0.287 e. The quantitative estimate of drug-likeness (QED) is 0.362. The van der Waals surface area contributed by atoms with Gasteiger partial charge in [-0.3, -0.25) is 4.79 Å². The molecule has 0 saturated carbocycles. The van der Waals surface area contributed by atoms with E-state index in [4.69, 9.17) is 0 Å². The molecular formula is C21H34OS. The van der Waals surface area contributed by atoms with Crippen molar-refractivity contribution < 1.29 is 4.79 Å². The van der Waals surface area contributed by atoms with E-state index in [0.717, 1.165) is 6.42 Å². The van der Waals surface area contributed by atoms with Crippen LogP contribution in [0.15, 0.2) is 30.3 Å². The van der Waals surface area contributed by atoms with E-state index in [2.05, 4.69) is 19.1 Å². The lowest BCUT2D eigenvalue weighted by molar-refractivity contribution is -0.112. The predicted octanol–water partition coefficient (Wildman–Crippen LogP) is 6.97. The monoisotopic (exact) mass is 334 g/mol. The van der Waals surface area contributed by atoms with Gasteiger partial charge in [0.05, 0.1) is 5.92 Å². The Morgan fingerprint density at radius 1 is 0.870 bits per heavy atom. The van der Waals surface area contributed by atoms with Crippen molar-refractivity contribution in [2.24, 2.45) is 0 Å². The summed E-state index contributed by atoms with van der Waals surface area (Å²) in [5, 5.41) is 0.312. The van der Waals surface area contributed by atoms with E-state index >= 15 is 0 Å². The van der Waals surface area contributed by atoms with Gasteiger partial charge in [0.25, 0.3) is 0 Å². The fourth-order valence-electron chi connectivity index (χ4n) is 3.08. The van der Waals surface area contributed by atoms with Gasteiger partial charge in [-0.15, -0.1) is 0 Å². The summed E-state index contributed by atoms with van der Waals surface area (Å²) >= 11 is 1.37. The minimum absolute atomic E-state index is 0.0836. The van der Waals surface area contributed by atoms with Crippen molar-refractivity contribution in [3.05, 3.63) is 35.9 Å². The third-order valence-corrected chi connectivity index (χ3v) is 5.22. The van der Waals surface area contributed by atoms with Crippen molar-refractivity contribution in [2.45, 2.75) is 83.5 Å². The van der Waals surface area contributed by atoms with Crippen LogP contribution in [0.4, 0.5) is 0 Å². The van der Waals surface area contributed by atoms with Gasteiger partial charge < -0.3 is 0 Å². The van der Waals surface area contributed by atoms with Gasteiger partial charge in [0.2, 0.25) is 0 Å². The van der Waals surface area contributed by atoms with E-state index in [-0.39, 0.29) is 5.92 Å². The molecule has 0 heterocycles. The van der Waals surface area contributed by atoms with Gasteiger partial charge in [0.1, 0.15) is 0 Å². The molecule has 130 valence electrons. The summed E-state index contributed by atoms with van der Waals surface area (Å²) in [6.45, 7) is 2.27. The second kappa shape index (κ2) is 13.7. The van der Waals surface area contributed by atoms with Gasteiger partial charge in [0, 0.05) is 0 Å². The van der Waals surface area contributed by atoms with Crippen LogP contribution in [0.2, 0.25) is 0 Å². The highest BCUT2D eigenvalue weighted by molar-refractivity contribution is 8.13. The zero-order valence-corrected chi connectivity index (χ0v) is 15.9. The molecule has 1 aromatic carbocycles. The summed E-state index contributed by atoms with van der Waals surface area (Å²) < 4.78 is 0. The Labute approximate surface area is 147 Å². The topological polar surface area (TPSA) is 17.1 Å². The summed E-state index contributed by atoms with van der Waals surface area (Å²) in [5.41, 5.74) is 1.18. The van der Waals surface area contributed by atoms with E-state index < -0.39 is 0 Å². The molecule has 2 heteroatoms. The van der Waals surface area contributed by atoms with Gasteiger partial charge in [-0.1, -0.05) is 113 Å². The Bertz CT molecular complexity index is 402. The first-order valence-electron chi connectivity index (χ1n) is 9.42. The van der Waals surface area contributed by atoms with Crippen molar-refractivity contribution in [3.63, 3.8) is 0 Å². The van der Waals surface area contributed by atoms with E-state index in [9.17, 15) is 4.79 Å². The van der Waals surface area contributed by atoms with Gasteiger partial charge in [-0.25, -0.2) is 0 Å². The average Bonchev–Trinajstić information content (AvgIpc) is 2.60. The SMILES string of the molecule is CCCCCCCCCCCCC(C(=O)SC)c1ccccc1. The number of carbonyl (C=O) groups is 1. The molecular weight excluding hydrogens is 300 g/mol. The summed E-state index contributed by atoms with van der Waals surface area (Å²) in [7, 11) is 0. The first-order chi connectivity index (χ1) is 11.3. The maximum absolute atomic E-state index is 12.2. The molecule has 1 aromatic rings. The Hall–Kier alpha value is -0.760. The minimum atomic E-state index is 0.0836. The number of benzene rings is 1. The molecule has 1 atom stereocenters. The normalized spacial score (nSPS) is 12.3. The lowest BCUT2D eigenvalue weighted by atomic mass is 9.94. The Kier molecular flexibility index (Phi) is 12.0. The van der Waals surface area contributed by atoms with Crippen LogP contribution < -0.4 is 0 Å². The highest BCUT2D eigenvalue weighted by atomic mass is 32.2. The second-order valence-corrected chi connectivity index (χ2v) is 7.27. The second-order valence-electron chi connectivity index (χ2n) is 6.46. The predicted molar refractivity (Wildman–Crippen MR) is 104 cm³/mol. The summed E-state index contributed by atoms with van der Waals surface area (Å²) in [4.78, 5) is 12.2. The molecule has 23 heavy (non-hydrogen) atoms. The van der Waals surface area contributed by atoms with Gasteiger partial charge in [-0.05, 0) is 18.2 Å². The zero-order chi connectivity index (χ0) is 16.8. The molecule has 1 nitrogen and oxygen atoms in total. The fraction of sp³-hybridized carbons (Fsp3) is 0.667. The first kappa shape index (κ1) is 20.3. The third kappa shape index (κ3) is 9.20. The van der Waals surface area contributed by atoms with E-state index in [0.29, 0.717) is 5.12 Å². The maximum atomic E-state index is 12.2. The molecule has 0 aliphatic carbocycles. The molecule has 0 aliphatic heterocycles. The van der Waals surface area contributed by atoms with Crippen LogP contribution in [-0.2, 0) is 4.79 Å². The van der Waals surface area contributed by atoms with E-state index in [1.807, 2.05) is 24.5 Å². The third-order valence-electron chi connectivity index (χ3n) is 4.53. The Morgan fingerprint density at radius 2 is 1.39 bits per heavy atom. The molecule has 0 radical (unpaired) electrons. The van der Waals surface area contributed by atoms with Crippen LogP contribution in [0, 0.1) is 0 Å². The van der Waals surface area contributed by atoms with Crippen molar-refractivity contribution in [2.75, 3.05) is 6.26 Å². The number of hydrogen-bond acceptors (Lipinski definition) is 2. The molecule has 0 bridgehead atoms. The number of rotatable bonds is 13. The van der Waals surface area contributed by atoms with Crippen LogP contribution >= 0.6 is 11.8 Å².